The Morgan fingerprint density at radius 3 is 2.47 bits per heavy atom. The Hall–Kier alpha value is -1.23. The van der Waals surface area contributed by atoms with Crippen LogP contribution >= 0.6 is 0 Å². The van der Waals surface area contributed by atoms with Crippen LogP contribution in [0.25, 0.3) is 0 Å². The van der Waals surface area contributed by atoms with Crippen LogP contribution in [-0.4, -0.2) is 13.2 Å². The highest BCUT2D eigenvalue weighted by atomic mass is 19.4. The van der Waals surface area contributed by atoms with Crippen LogP contribution in [0.4, 0.5) is 13.2 Å². The van der Waals surface area contributed by atoms with Crippen molar-refractivity contribution in [1.29, 1.82) is 0 Å². The molecule has 0 bridgehead atoms. The molecule has 0 saturated carbocycles. The number of hydrogen-bond acceptors (Lipinski definition) is 2. The smallest absolute Gasteiger partial charge is 0.416 e. The summed E-state index contributed by atoms with van der Waals surface area (Å²) in [5, 5.41) is 0. The number of hydrogen-bond donors (Lipinski definition) is 1. The van der Waals surface area contributed by atoms with Crippen LogP contribution in [0.2, 0.25) is 0 Å². The SMILES string of the molecule is CCC(N)Cc1ccc(C(F)(F)F)cc1OC. The third-order valence-electron chi connectivity index (χ3n) is 2.62. The summed E-state index contributed by atoms with van der Waals surface area (Å²) < 4.78 is 42.4. The minimum absolute atomic E-state index is 0.0689. The first kappa shape index (κ1) is 13.8. The van der Waals surface area contributed by atoms with E-state index in [9.17, 15) is 13.2 Å². The monoisotopic (exact) mass is 247 g/mol. The van der Waals surface area contributed by atoms with Gasteiger partial charge >= 0.3 is 6.18 Å². The lowest BCUT2D eigenvalue weighted by Crippen LogP contribution is -2.21. The molecule has 0 heterocycles. The maximum absolute atomic E-state index is 12.5. The van der Waals surface area contributed by atoms with Crippen molar-refractivity contribution in [1.82, 2.24) is 0 Å². The molecular formula is C12H16F3NO. The first-order valence-corrected chi connectivity index (χ1v) is 5.38. The molecule has 0 fully saturated rings. The van der Waals surface area contributed by atoms with Gasteiger partial charge in [-0.05, 0) is 30.5 Å². The van der Waals surface area contributed by atoms with E-state index in [1.807, 2.05) is 6.92 Å². The fourth-order valence-corrected chi connectivity index (χ4v) is 1.52. The fraction of sp³-hybridized carbons (Fsp3) is 0.500. The number of alkyl halides is 3. The van der Waals surface area contributed by atoms with E-state index in [4.69, 9.17) is 10.5 Å². The van der Waals surface area contributed by atoms with Crippen LogP contribution < -0.4 is 10.5 Å². The Kier molecular flexibility index (Phi) is 4.40. The Morgan fingerprint density at radius 2 is 2.00 bits per heavy atom. The first-order valence-electron chi connectivity index (χ1n) is 5.38. The van der Waals surface area contributed by atoms with Gasteiger partial charge in [0.25, 0.3) is 0 Å². The molecule has 0 aliphatic rings. The number of benzene rings is 1. The standard InChI is InChI=1S/C12H16F3NO/c1-3-10(16)6-8-4-5-9(12(13,14)15)7-11(8)17-2/h4-5,7,10H,3,6,16H2,1-2H3. The highest BCUT2D eigenvalue weighted by molar-refractivity contribution is 5.39. The molecule has 1 aromatic rings. The summed E-state index contributed by atoms with van der Waals surface area (Å²) >= 11 is 0. The molecule has 0 spiro atoms. The third kappa shape index (κ3) is 3.63. The number of methoxy groups -OCH3 is 1. The van der Waals surface area contributed by atoms with Crippen molar-refractivity contribution < 1.29 is 17.9 Å². The van der Waals surface area contributed by atoms with Gasteiger partial charge in [-0.15, -0.1) is 0 Å². The van der Waals surface area contributed by atoms with Crippen molar-refractivity contribution in [2.24, 2.45) is 5.73 Å². The average Bonchev–Trinajstić information content (AvgIpc) is 2.27. The second kappa shape index (κ2) is 5.40. The minimum Gasteiger partial charge on any atom is -0.496 e. The Morgan fingerprint density at radius 1 is 1.35 bits per heavy atom. The molecule has 96 valence electrons. The molecule has 2 N–H and O–H groups in total. The molecule has 0 aliphatic carbocycles. The second-order valence-corrected chi connectivity index (χ2v) is 3.90. The molecule has 1 unspecified atom stereocenters. The van der Waals surface area contributed by atoms with E-state index in [-0.39, 0.29) is 11.8 Å². The zero-order valence-electron chi connectivity index (χ0n) is 9.84. The van der Waals surface area contributed by atoms with Gasteiger partial charge in [-0.3, -0.25) is 0 Å². The van der Waals surface area contributed by atoms with E-state index in [0.717, 1.165) is 18.6 Å². The molecule has 0 aromatic heterocycles. The lowest BCUT2D eigenvalue weighted by molar-refractivity contribution is -0.137. The van der Waals surface area contributed by atoms with E-state index < -0.39 is 11.7 Å². The molecule has 1 atom stereocenters. The van der Waals surface area contributed by atoms with Gasteiger partial charge in [0.15, 0.2) is 0 Å². The van der Waals surface area contributed by atoms with Gasteiger partial charge in [0.2, 0.25) is 0 Å². The molecule has 5 heteroatoms. The van der Waals surface area contributed by atoms with Gasteiger partial charge in [0.05, 0.1) is 12.7 Å². The zero-order valence-corrected chi connectivity index (χ0v) is 9.84. The maximum Gasteiger partial charge on any atom is 0.416 e. The van der Waals surface area contributed by atoms with E-state index in [1.165, 1.54) is 13.2 Å². The van der Waals surface area contributed by atoms with Gasteiger partial charge < -0.3 is 10.5 Å². The highest BCUT2D eigenvalue weighted by Crippen LogP contribution is 2.33. The fourth-order valence-electron chi connectivity index (χ4n) is 1.52. The summed E-state index contributed by atoms with van der Waals surface area (Å²) in [7, 11) is 1.36. The molecular weight excluding hydrogens is 231 g/mol. The predicted octanol–water partition coefficient (Wildman–Crippen LogP) is 2.99. The second-order valence-electron chi connectivity index (χ2n) is 3.90. The number of ether oxygens (including phenoxy) is 1. The molecule has 0 saturated heterocycles. The molecule has 17 heavy (non-hydrogen) atoms. The number of halogens is 3. The first-order chi connectivity index (χ1) is 7.88. The molecule has 1 aromatic carbocycles. The molecule has 1 rings (SSSR count). The van der Waals surface area contributed by atoms with Crippen LogP contribution in [0.15, 0.2) is 18.2 Å². The van der Waals surface area contributed by atoms with Crippen molar-refractivity contribution >= 4 is 0 Å². The molecule has 2 nitrogen and oxygen atoms in total. The van der Waals surface area contributed by atoms with Crippen LogP contribution in [0.3, 0.4) is 0 Å². The van der Waals surface area contributed by atoms with Crippen LogP contribution in [-0.2, 0) is 12.6 Å². The van der Waals surface area contributed by atoms with Crippen molar-refractivity contribution in [3.63, 3.8) is 0 Å². The van der Waals surface area contributed by atoms with Crippen molar-refractivity contribution in [2.45, 2.75) is 32.0 Å². The number of nitrogens with two attached hydrogens (primary N) is 1. The maximum atomic E-state index is 12.5. The summed E-state index contributed by atoms with van der Waals surface area (Å²) in [6, 6.07) is 3.43. The minimum atomic E-state index is -4.35. The zero-order chi connectivity index (χ0) is 13.1. The van der Waals surface area contributed by atoms with Gasteiger partial charge in [-0.25, -0.2) is 0 Å². The van der Waals surface area contributed by atoms with Gasteiger partial charge in [-0.2, -0.15) is 13.2 Å². The Bertz CT molecular complexity index is 377. The van der Waals surface area contributed by atoms with Gasteiger partial charge in [0, 0.05) is 6.04 Å². The van der Waals surface area contributed by atoms with Crippen molar-refractivity contribution in [3.05, 3.63) is 29.3 Å². The quantitative estimate of drug-likeness (QED) is 0.887. The van der Waals surface area contributed by atoms with Crippen LogP contribution in [0.1, 0.15) is 24.5 Å². The van der Waals surface area contributed by atoms with Gasteiger partial charge in [0.1, 0.15) is 5.75 Å². The third-order valence-corrected chi connectivity index (χ3v) is 2.62. The van der Waals surface area contributed by atoms with Crippen LogP contribution in [0.5, 0.6) is 5.75 Å². The molecule has 0 aliphatic heterocycles. The summed E-state index contributed by atoms with van der Waals surface area (Å²) in [4.78, 5) is 0. The lowest BCUT2D eigenvalue weighted by Gasteiger charge is -2.15. The van der Waals surface area contributed by atoms with E-state index in [1.54, 1.807) is 0 Å². The summed E-state index contributed by atoms with van der Waals surface area (Å²) in [6.07, 6.45) is -3.07. The van der Waals surface area contributed by atoms with E-state index >= 15 is 0 Å². The topological polar surface area (TPSA) is 35.2 Å². The molecule has 0 amide bonds. The predicted molar refractivity (Wildman–Crippen MR) is 60.0 cm³/mol. The summed E-state index contributed by atoms with van der Waals surface area (Å²) in [5.74, 6) is 0.240. The average molecular weight is 247 g/mol. The largest absolute Gasteiger partial charge is 0.496 e. The normalized spacial score (nSPS) is 13.5. The lowest BCUT2D eigenvalue weighted by atomic mass is 10.0. The van der Waals surface area contributed by atoms with E-state index in [2.05, 4.69) is 0 Å². The Labute approximate surface area is 98.6 Å². The van der Waals surface area contributed by atoms with Crippen molar-refractivity contribution in [3.8, 4) is 5.75 Å². The van der Waals surface area contributed by atoms with Crippen molar-refractivity contribution in [2.75, 3.05) is 7.11 Å². The summed E-state index contributed by atoms with van der Waals surface area (Å²) in [5.41, 5.74) is 5.77. The summed E-state index contributed by atoms with van der Waals surface area (Å²) in [6.45, 7) is 1.93. The van der Waals surface area contributed by atoms with Crippen LogP contribution in [0, 0.1) is 0 Å². The molecule has 0 radical (unpaired) electrons. The van der Waals surface area contributed by atoms with Gasteiger partial charge in [-0.1, -0.05) is 13.0 Å². The van der Waals surface area contributed by atoms with E-state index in [0.29, 0.717) is 12.0 Å². The number of rotatable bonds is 4. The Balaban J connectivity index is 3.01. The highest BCUT2D eigenvalue weighted by Gasteiger charge is 2.31.